The third-order valence-electron chi connectivity index (χ3n) is 11.5. The first-order chi connectivity index (χ1) is 29.6. The number of benzene rings is 9. The molecule has 0 saturated carbocycles. The molecule has 0 fully saturated rings. The van der Waals surface area contributed by atoms with E-state index in [1.807, 2.05) is 97.1 Å². The van der Waals surface area contributed by atoms with Crippen LogP contribution in [0.5, 0.6) is 0 Å². The van der Waals surface area contributed by atoms with Crippen LogP contribution in [0, 0.1) is 11.3 Å². The number of para-hydroxylation sites is 2. The Labute approximate surface area is 343 Å². The van der Waals surface area contributed by atoms with Gasteiger partial charge in [0.25, 0.3) is 0 Å². The van der Waals surface area contributed by atoms with Crippen molar-refractivity contribution < 1.29 is 8.83 Å². The molecule has 0 radical (unpaired) electrons. The van der Waals surface area contributed by atoms with Gasteiger partial charge in [0.05, 0.1) is 11.6 Å². The highest BCUT2D eigenvalue weighted by Crippen LogP contribution is 2.43. The van der Waals surface area contributed by atoms with Gasteiger partial charge in [0, 0.05) is 43.6 Å². The Morgan fingerprint density at radius 2 is 0.850 bits per heavy atom. The molecule has 0 bridgehead atoms. The lowest BCUT2D eigenvalue weighted by Crippen LogP contribution is -2.00. The van der Waals surface area contributed by atoms with Crippen LogP contribution in [0.1, 0.15) is 5.56 Å². The smallest absolute Gasteiger partial charge is 0.164 e. The highest BCUT2D eigenvalue weighted by molar-refractivity contribution is 6.30. The third kappa shape index (κ3) is 5.45. The number of furan rings is 2. The maximum atomic E-state index is 9.31. The Morgan fingerprint density at radius 3 is 1.60 bits per heavy atom. The first-order valence-corrected chi connectivity index (χ1v) is 19.8. The molecule has 12 rings (SSSR count). The lowest BCUT2D eigenvalue weighted by atomic mass is 9.92. The molecule has 0 atom stereocenters. The van der Waals surface area contributed by atoms with Crippen molar-refractivity contribution in [1.82, 2.24) is 15.0 Å². The maximum Gasteiger partial charge on any atom is 0.164 e. The summed E-state index contributed by atoms with van der Waals surface area (Å²) in [4.78, 5) is 15.3. The second kappa shape index (κ2) is 13.3. The van der Waals surface area contributed by atoms with Crippen molar-refractivity contribution in [3.05, 3.63) is 188 Å². The summed E-state index contributed by atoms with van der Waals surface area (Å²) in [5.74, 6) is 1.74. The Balaban J connectivity index is 1.04. The Hall–Kier alpha value is -8.40. The lowest BCUT2D eigenvalue weighted by Gasteiger charge is -2.12. The SMILES string of the molecule is N#Cc1ccc(-c2cccc(-c3ccc4c5ccc(-c6nc(-c7ccccc7)nc(-c7ccc8oc9ccccc9c8c7)n6)cc5c5oc6ccccc6c5c4c3)c2)cc1. The standard InChI is InChI=1S/C54H30N4O2/c55-31-32-17-19-33(20-18-32)35-11-8-12-36(27-35)37-21-24-40-41-25-22-38(30-46(41)51-50(45(40)28-37)43-14-5-7-16-48(43)60-51)53-56-52(34-9-2-1-3-10-34)57-54(58-53)39-23-26-49-44(29-39)42-13-4-6-15-47(42)59-49/h1-30H. The van der Waals surface area contributed by atoms with Gasteiger partial charge in [-0.05, 0) is 99.1 Å². The van der Waals surface area contributed by atoms with Crippen LogP contribution in [0.4, 0.5) is 0 Å². The molecule has 9 aromatic carbocycles. The second-order valence-corrected chi connectivity index (χ2v) is 15.1. The molecule has 278 valence electrons. The molecular formula is C54H30N4O2. The van der Waals surface area contributed by atoms with Crippen molar-refractivity contribution in [2.45, 2.75) is 0 Å². The van der Waals surface area contributed by atoms with E-state index in [2.05, 4.69) is 91.0 Å². The van der Waals surface area contributed by atoms with Gasteiger partial charge in [-0.25, -0.2) is 15.0 Å². The van der Waals surface area contributed by atoms with Crippen molar-refractivity contribution in [2.24, 2.45) is 0 Å². The van der Waals surface area contributed by atoms with E-state index in [4.69, 9.17) is 23.8 Å². The fourth-order valence-corrected chi connectivity index (χ4v) is 8.61. The fraction of sp³-hybridized carbons (Fsp3) is 0. The quantitative estimate of drug-likeness (QED) is 0.162. The molecule has 0 spiro atoms. The van der Waals surface area contributed by atoms with Gasteiger partial charge in [-0.3, -0.25) is 0 Å². The molecule has 0 unspecified atom stereocenters. The number of fused-ring (bicyclic) bond motifs is 11. The fourth-order valence-electron chi connectivity index (χ4n) is 8.61. The Morgan fingerprint density at radius 1 is 0.333 bits per heavy atom. The predicted octanol–water partition coefficient (Wildman–Crippen LogP) is 14.2. The maximum absolute atomic E-state index is 9.31. The molecule has 0 aliphatic carbocycles. The van der Waals surface area contributed by atoms with Gasteiger partial charge in [0.15, 0.2) is 17.5 Å². The van der Waals surface area contributed by atoms with Gasteiger partial charge in [0.1, 0.15) is 22.3 Å². The zero-order valence-corrected chi connectivity index (χ0v) is 31.9. The van der Waals surface area contributed by atoms with Crippen LogP contribution >= 0.6 is 0 Å². The van der Waals surface area contributed by atoms with Gasteiger partial charge in [-0.2, -0.15) is 5.26 Å². The van der Waals surface area contributed by atoms with Crippen LogP contribution in [0.2, 0.25) is 0 Å². The number of rotatable bonds is 5. The molecule has 3 heterocycles. The Bertz CT molecular complexity index is 3730. The molecule has 60 heavy (non-hydrogen) atoms. The summed E-state index contributed by atoms with van der Waals surface area (Å²) in [5, 5.41) is 17.8. The molecule has 12 aromatic rings. The summed E-state index contributed by atoms with van der Waals surface area (Å²) in [6.45, 7) is 0. The molecule has 0 aliphatic rings. The van der Waals surface area contributed by atoms with Crippen LogP contribution in [0.25, 0.3) is 122 Å². The van der Waals surface area contributed by atoms with Crippen LogP contribution in [-0.2, 0) is 0 Å². The highest BCUT2D eigenvalue weighted by Gasteiger charge is 2.20. The number of hydrogen-bond acceptors (Lipinski definition) is 6. The van der Waals surface area contributed by atoms with E-state index in [9.17, 15) is 5.26 Å². The highest BCUT2D eigenvalue weighted by atomic mass is 16.3. The zero-order chi connectivity index (χ0) is 39.7. The second-order valence-electron chi connectivity index (χ2n) is 15.1. The summed E-state index contributed by atoms with van der Waals surface area (Å²) in [7, 11) is 0. The number of hydrogen-bond donors (Lipinski definition) is 0. The normalized spacial score (nSPS) is 11.7. The topological polar surface area (TPSA) is 88.7 Å². The summed E-state index contributed by atoms with van der Waals surface area (Å²) in [6.07, 6.45) is 0. The minimum Gasteiger partial charge on any atom is -0.456 e. The van der Waals surface area contributed by atoms with E-state index < -0.39 is 0 Å². The number of nitriles is 1. The van der Waals surface area contributed by atoms with Gasteiger partial charge >= 0.3 is 0 Å². The van der Waals surface area contributed by atoms with E-state index >= 15 is 0 Å². The Kier molecular flexibility index (Phi) is 7.50. The molecule has 0 N–H and O–H groups in total. The summed E-state index contributed by atoms with van der Waals surface area (Å²) in [5.41, 5.74) is 11.0. The summed E-state index contributed by atoms with van der Waals surface area (Å²) in [6, 6.07) is 64.1. The third-order valence-corrected chi connectivity index (χ3v) is 11.5. The van der Waals surface area contributed by atoms with Crippen molar-refractivity contribution in [3.63, 3.8) is 0 Å². The number of aromatic nitrogens is 3. The minimum absolute atomic E-state index is 0.569. The van der Waals surface area contributed by atoms with Crippen molar-refractivity contribution >= 4 is 65.4 Å². The van der Waals surface area contributed by atoms with E-state index in [0.29, 0.717) is 23.0 Å². The average Bonchev–Trinajstić information content (AvgIpc) is 3.91. The van der Waals surface area contributed by atoms with E-state index in [1.54, 1.807) is 0 Å². The first-order valence-electron chi connectivity index (χ1n) is 19.8. The van der Waals surface area contributed by atoms with E-state index in [1.165, 1.54) is 0 Å². The van der Waals surface area contributed by atoms with Crippen molar-refractivity contribution in [3.8, 4) is 62.5 Å². The van der Waals surface area contributed by atoms with Crippen molar-refractivity contribution in [2.75, 3.05) is 0 Å². The molecule has 0 amide bonds. The number of nitrogens with zero attached hydrogens (tertiary/aromatic N) is 4. The van der Waals surface area contributed by atoms with E-state index in [-0.39, 0.29) is 0 Å². The van der Waals surface area contributed by atoms with Crippen LogP contribution in [-0.4, -0.2) is 15.0 Å². The minimum atomic E-state index is 0.569. The monoisotopic (exact) mass is 766 g/mol. The molecular weight excluding hydrogens is 737 g/mol. The van der Waals surface area contributed by atoms with Gasteiger partial charge in [-0.1, -0.05) is 121 Å². The van der Waals surface area contributed by atoms with Gasteiger partial charge in [-0.15, -0.1) is 0 Å². The van der Waals surface area contributed by atoms with Crippen molar-refractivity contribution in [1.29, 1.82) is 5.26 Å². The predicted molar refractivity (Wildman–Crippen MR) is 241 cm³/mol. The molecule has 0 saturated heterocycles. The zero-order valence-electron chi connectivity index (χ0n) is 31.9. The first kappa shape index (κ1) is 33.7. The molecule has 0 aliphatic heterocycles. The summed E-state index contributed by atoms with van der Waals surface area (Å²) >= 11 is 0. The largest absolute Gasteiger partial charge is 0.456 e. The average molecular weight is 767 g/mol. The molecule has 6 nitrogen and oxygen atoms in total. The van der Waals surface area contributed by atoms with Gasteiger partial charge < -0.3 is 8.83 Å². The van der Waals surface area contributed by atoms with Crippen LogP contribution < -0.4 is 0 Å². The lowest BCUT2D eigenvalue weighted by molar-refractivity contribution is 0.669. The summed E-state index contributed by atoms with van der Waals surface area (Å²) < 4.78 is 12.9. The van der Waals surface area contributed by atoms with Gasteiger partial charge in [0.2, 0.25) is 0 Å². The van der Waals surface area contributed by atoms with Crippen LogP contribution in [0.3, 0.4) is 0 Å². The molecule has 6 heteroatoms. The van der Waals surface area contributed by atoms with E-state index in [0.717, 1.165) is 104 Å². The van der Waals surface area contributed by atoms with Crippen LogP contribution in [0.15, 0.2) is 191 Å². The molecule has 3 aromatic heterocycles.